The largest absolute Gasteiger partial charge is 0.506 e. The highest BCUT2D eigenvalue weighted by Gasteiger charge is 2.45. The van der Waals surface area contributed by atoms with Gasteiger partial charge in [0.25, 0.3) is 0 Å². The van der Waals surface area contributed by atoms with Crippen LogP contribution in [0, 0.1) is 0 Å². The Morgan fingerprint density at radius 2 is 1.63 bits per heavy atom. The predicted octanol–water partition coefficient (Wildman–Crippen LogP) is 2.65. The maximum atomic E-state index is 13.4. The number of halogens is 1. The summed E-state index contributed by atoms with van der Waals surface area (Å²) in [6, 6.07) is 4.61. The second-order valence-corrected chi connectivity index (χ2v) is 7.81. The molecule has 0 bridgehead atoms. The first kappa shape index (κ1) is 19.8. The Labute approximate surface area is 163 Å². The fourth-order valence-electron chi connectivity index (χ4n) is 4.14. The molecular weight excluding hydrogens is 372 g/mol. The summed E-state index contributed by atoms with van der Waals surface area (Å²) >= 11 is 6.06. The van der Waals surface area contributed by atoms with Crippen molar-refractivity contribution in [1.29, 1.82) is 0 Å². The normalized spacial score (nSPS) is 21.0. The number of carbonyl (C=O) groups excluding carboxylic acids is 1. The zero-order valence-electron chi connectivity index (χ0n) is 15.1. The SMILES string of the molecule is O=C(O)N1CCN(C(=O)C(c2ccc(O)c(Cl)c2)C2(O)CCCCC2)CC1. The standard InChI is InChI=1S/C19H25ClN2O5/c20-14-12-13(4-5-15(14)23)16(19(27)6-2-1-3-7-19)17(24)21-8-10-22(11-9-21)18(25)26/h4-5,12,16,23,27H,1-3,6-11H2,(H,25,26). The van der Waals surface area contributed by atoms with Crippen molar-refractivity contribution in [2.24, 2.45) is 0 Å². The van der Waals surface area contributed by atoms with Crippen LogP contribution in [0.3, 0.4) is 0 Å². The molecule has 1 aromatic rings. The molecule has 0 aromatic heterocycles. The molecule has 3 rings (SSSR count). The molecule has 148 valence electrons. The fraction of sp³-hybridized carbons (Fsp3) is 0.579. The van der Waals surface area contributed by atoms with Gasteiger partial charge in [0.05, 0.1) is 16.5 Å². The third-order valence-corrected chi connectivity index (χ3v) is 5.97. The lowest BCUT2D eigenvalue weighted by atomic mass is 9.72. The van der Waals surface area contributed by atoms with Gasteiger partial charge in [-0.05, 0) is 30.5 Å². The molecule has 1 aliphatic carbocycles. The van der Waals surface area contributed by atoms with E-state index in [1.807, 2.05) is 0 Å². The van der Waals surface area contributed by atoms with Crippen LogP contribution in [0.25, 0.3) is 0 Å². The summed E-state index contributed by atoms with van der Waals surface area (Å²) in [7, 11) is 0. The number of aliphatic hydroxyl groups is 1. The molecule has 2 fully saturated rings. The Balaban J connectivity index is 1.88. The number of hydrogen-bond donors (Lipinski definition) is 3. The Bertz CT molecular complexity index is 712. The molecule has 3 N–H and O–H groups in total. The minimum atomic E-state index is -1.17. The maximum absolute atomic E-state index is 13.4. The number of aromatic hydroxyl groups is 1. The number of carbonyl (C=O) groups is 2. The van der Waals surface area contributed by atoms with Crippen LogP contribution in [-0.2, 0) is 4.79 Å². The van der Waals surface area contributed by atoms with Gasteiger partial charge in [0.15, 0.2) is 0 Å². The zero-order chi connectivity index (χ0) is 19.6. The maximum Gasteiger partial charge on any atom is 0.407 e. The Morgan fingerprint density at radius 1 is 1.04 bits per heavy atom. The highest BCUT2D eigenvalue weighted by molar-refractivity contribution is 6.32. The molecule has 0 radical (unpaired) electrons. The van der Waals surface area contributed by atoms with E-state index in [2.05, 4.69) is 0 Å². The zero-order valence-corrected chi connectivity index (χ0v) is 15.9. The van der Waals surface area contributed by atoms with E-state index >= 15 is 0 Å². The van der Waals surface area contributed by atoms with E-state index in [0.717, 1.165) is 19.3 Å². The topological polar surface area (TPSA) is 101 Å². The molecule has 7 nitrogen and oxygen atoms in total. The summed E-state index contributed by atoms with van der Waals surface area (Å²) in [4.78, 5) is 27.4. The summed E-state index contributed by atoms with van der Waals surface area (Å²) in [5, 5.41) is 30.3. The van der Waals surface area contributed by atoms with Crippen molar-refractivity contribution in [3.05, 3.63) is 28.8 Å². The van der Waals surface area contributed by atoms with E-state index in [0.29, 0.717) is 31.5 Å². The van der Waals surface area contributed by atoms with Gasteiger partial charge < -0.3 is 25.1 Å². The van der Waals surface area contributed by atoms with Gasteiger partial charge in [-0.2, -0.15) is 0 Å². The highest BCUT2D eigenvalue weighted by atomic mass is 35.5. The molecule has 8 heteroatoms. The molecule has 0 spiro atoms. The van der Waals surface area contributed by atoms with E-state index in [-0.39, 0.29) is 29.8 Å². The average molecular weight is 397 g/mol. The number of carboxylic acid groups (broad SMARTS) is 1. The molecule has 2 amide bonds. The minimum Gasteiger partial charge on any atom is -0.506 e. The van der Waals surface area contributed by atoms with Crippen molar-refractivity contribution in [2.45, 2.75) is 43.6 Å². The van der Waals surface area contributed by atoms with E-state index < -0.39 is 17.6 Å². The Hall–Kier alpha value is -1.99. The molecule has 1 aliphatic heterocycles. The van der Waals surface area contributed by atoms with E-state index in [1.165, 1.54) is 11.0 Å². The van der Waals surface area contributed by atoms with Crippen molar-refractivity contribution < 1.29 is 24.9 Å². The molecule has 1 saturated heterocycles. The summed E-state index contributed by atoms with van der Waals surface area (Å²) in [5.41, 5.74) is -0.590. The number of phenolic OH excluding ortho intramolecular Hbond substituents is 1. The first-order chi connectivity index (χ1) is 12.8. The average Bonchev–Trinajstić information content (AvgIpc) is 2.65. The van der Waals surface area contributed by atoms with E-state index in [1.54, 1.807) is 17.0 Å². The molecule has 1 atom stereocenters. The number of benzene rings is 1. The van der Waals surface area contributed by atoms with Crippen LogP contribution in [0.15, 0.2) is 18.2 Å². The highest BCUT2D eigenvalue weighted by Crippen LogP contribution is 2.42. The van der Waals surface area contributed by atoms with Gasteiger partial charge in [-0.3, -0.25) is 4.79 Å². The quantitative estimate of drug-likeness (QED) is 0.729. The molecule has 2 aliphatic rings. The molecule has 1 unspecified atom stereocenters. The lowest BCUT2D eigenvalue weighted by Gasteiger charge is -2.42. The number of rotatable bonds is 3. The van der Waals surface area contributed by atoms with Gasteiger partial charge >= 0.3 is 6.09 Å². The van der Waals surface area contributed by atoms with Crippen molar-refractivity contribution >= 4 is 23.6 Å². The van der Waals surface area contributed by atoms with Gasteiger partial charge in [-0.1, -0.05) is 36.9 Å². The predicted molar refractivity (Wildman–Crippen MR) is 100 cm³/mol. The minimum absolute atomic E-state index is 0.0719. The summed E-state index contributed by atoms with van der Waals surface area (Å²) in [6.45, 7) is 1.10. The molecule has 1 aromatic carbocycles. The number of piperazine rings is 1. The molecule has 1 heterocycles. The van der Waals surface area contributed by atoms with E-state index in [9.17, 15) is 19.8 Å². The second-order valence-electron chi connectivity index (χ2n) is 7.40. The molecular formula is C19H25ClN2O5. The van der Waals surface area contributed by atoms with Crippen LogP contribution in [0.4, 0.5) is 4.79 Å². The summed E-state index contributed by atoms with van der Waals surface area (Å²) in [6.07, 6.45) is 2.78. The van der Waals surface area contributed by atoms with Crippen molar-refractivity contribution in [1.82, 2.24) is 9.80 Å². The summed E-state index contributed by atoms with van der Waals surface area (Å²) < 4.78 is 0. The van der Waals surface area contributed by atoms with Crippen LogP contribution < -0.4 is 0 Å². The summed E-state index contributed by atoms with van der Waals surface area (Å²) in [5.74, 6) is -1.07. The third kappa shape index (κ3) is 4.14. The number of phenols is 1. The van der Waals surface area contributed by atoms with Crippen molar-refractivity contribution in [2.75, 3.05) is 26.2 Å². The van der Waals surface area contributed by atoms with Crippen LogP contribution >= 0.6 is 11.6 Å². The lowest BCUT2D eigenvalue weighted by Crippen LogP contribution is -2.54. The van der Waals surface area contributed by atoms with Crippen LogP contribution in [0.2, 0.25) is 5.02 Å². The number of amides is 2. The monoisotopic (exact) mass is 396 g/mol. The number of nitrogens with zero attached hydrogens (tertiary/aromatic N) is 2. The Kier molecular flexibility index (Phi) is 5.81. The molecule has 1 saturated carbocycles. The smallest absolute Gasteiger partial charge is 0.407 e. The van der Waals surface area contributed by atoms with Crippen LogP contribution in [0.1, 0.15) is 43.6 Å². The van der Waals surface area contributed by atoms with Gasteiger partial charge in [-0.25, -0.2) is 4.79 Å². The second kappa shape index (κ2) is 7.94. The third-order valence-electron chi connectivity index (χ3n) is 5.67. The van der Waals surface area contributed by atoms with Crippen molar-refractivity contribution in [3.8, 4) is 5.75 Å². The van der Waals surface area contributed by atoms with Gasteiger partial charge in [0.1, 0.15) is 5.75 Å². The first-order valence-corrected chi connectivity index (χ1v) is 9.67. The lowest BCUT2D eigenvalue weighted by molar-refractivity contribution is -0.143. The van der Waals surface area contributed by atoms with E-state index in [4.69, 9.17) is 16.7 Å². The molecule has 27 heavy (non-hydrogen) atoms. The van der Waals surface area contributed by atoms with Gasteiger partial charge in [0.2, 0.25) is 5.91 Å². The number of hydrogen-bond acceptors (Lipinski definition) is 4. The fourth-order valence-corrected chi connectivity index (χ4v) is 4.33. The van der Waals surface area contributed by atoms with Gasteiger partial charge in [-0.15, -0.1) is 0 Å². The van der Waals surface area contributed by atoms with Crippen LogP contribution in [-0.4, -0.2) is 68.9 Å². The van der Waals surface area contributed by atoms with Crippen LogP contribution in [0.5, 0.6) is 5.75 Å². The first-order valence-electron chi connectivity index (χ1n) is 9.29. The Morgan fingerprint density at radius 3 is 2.19 bits per heavy atom. The van der Waals surface area contributed by atoms with Crippen molar-refractivity contribution in [3.63, 3.8) is 0 Å². The van der Waals surface area contributed by atoms with Gasteiger partial charge in [0, 0.05) is 26.2 Å².